The second-order valence-electron chi connectivity index (χ2n) is 5.29. The number of hydrogen-bond acceptors (Lipinski definition) is 2. The molecule has 0 fully saturated rings. The highest BCUT2D eigenvalue weighted by Gasteiger charge is 2.09. The zero-order valence-corrected chi connectivity index (χ0v) is 13.7. The van der Waals surface area contributed by atoms with Crippen LogP contribution in [0.2, 0.25) is 10.0 Å². The van der Waals surface area contributed by atoms with Crippen LogP contribution in [0.5, 0.6) is 11.5 Å². The molecule has 0 aliphatic carbocycles. The topological polar surface area (TPSA) is 21.3 Å². The lowest BCUT2D eigenvalue weighted by molar-refractivity contribution is 0.469. The van der Waals surface area contributed by atoms with Crippen LogP contribution in [-0.2, 0) is 6.54 Å². The Kier molecular flexibility index (Phi) is 5.92. The number of nitrogens with one attached hydrogen (secondary N) is 1. The van der Waals surface area contributed by atoms with Crippen LogP contribution in [0.3, 0.4) is 0 Å². The zero-order valence-electron chi connectivity index (χ0n) is 12.2. The predicted molar refractivity (Wildman–Crippen MR) is 89.5 cm³/mol. The number of halogens is 2. The fourth-order valence-corrected chi connectivity index (χ4v) is 2.26. The first kappa shape index (κ1) is 16.2. The smallest absolute Gasteiger partial charge is 0.147 e. The van der Waals surface area contributed by atoms with E-state index >= 15 is 0 Å². The van der Waals surface area contributed by atoms with Crippen LogP contribution >= 0.6 is 23.2 Å². The molecule has 0 aromatic heterocycles. The SMILES string of the molecule is CC(C)CNCc1ccccc1Oc1cccc(Cl)c1Cl. The Labute approximate surface area is 136 Å². The highest BCUT2D eigenvalue weighted by atomic mass is 35.5. The van der Waals surface area contributed by atoms with Crippen LogP contribution < -0.4 is 10.1 Å². The second kappa shape index (κ2) is 7.69. The van der Waals surface area contributed by atoms with Gasteiger partial charge in [0.2, 0.25) is 0 Å². The maximum atomic E-state index is 6.17. The van der Waals surface area contributed by atoms with Gasteiger partial charge in [0.25, 0.3) is 0 Å². The van der Waals surface area contributed by atoms with Gasteiger partial charge in [0.1, 0.15) is 16.5 Å². The molecule has 0 saturated carbocycles. The van der Waals surface area contributed by atoms with Crippen molar-refractivity contribution in [2.75, 3.05) is 6.54 Å². The highest BCUT2D eigenvalue weighted by Crippen LogP contribution is 2.35. The molecule has 1 N–H and O–H groups in total. The van der Waals surface area contributed by atoms with Gasteiger partial charge in [-0.2, -0.15) is 0 Å². The average Bonchev–Trinajstić information content (AvgIpc) is 2.45. The molecular formula is C17H19Cl2NO. The van der Waals surface area contributed by atoms with E-state index in [1.165, 1.54) is 0 Å². The van der Waals surface area contributed by atoms with Gasteiger partial charge in [-0.1, -0.05) is 61.3 Å². The van der Waals surface area contributed by atoms with E-state index in [2.05, 4.69) is 19.2 Å². The molecule has 0 amide bonds. The number of ether oxygens (including phenoxy) is 1. The van der Waals surface area contributed by atoms with Crippen molar-refractivity contribution in [2.45, 2.75) is 20.4 Å². The molecule has 0 radical (unpaired) electrons. The third kappa shape index (κ3) is 4.63. The normalized spacial score (nSPS) is 10.9. The van der Waals surface area contributed by atoms with E-state index in [0.717, 1.165) is 24.4 Å². The van der Waals surface area contributed by atoms with Crippen molar-refractivity contribution in [3.8, 4) is 11.5 Å². The molecule has 2 aromatic carbocycles. The molecular weight excluding hydrogens is 305 g/mol. The van der Waals surface area contributed by atoms with Gasteiger partial charge in [-0.25, -0.2) is 0 Å². The maximum Gasteiger partial charge on any atom is 0.147 e. The minimum Gasteiger partial charge on any atom is -0.455 e. The molecule has 112 valence electrons. The Bertz CT molecular complexity index is 599. The zero-order chi connectivity index (χ0) is 15.2. The van der Waals surface area contributed by atoms with Gasteiger partial charge in [-0.15, -0.1) is 0 Å². The summed E-state index contributed by atoms with van der Waals surface area (Å²) < 4.78 is 5.92. The average molecular weight is 324 g/mol. The predicted octanol–water partition coefficient (Wildman–Crippen LogP) is 5.53. The first-order valence-corrected chi connectivity index (χ1v) is 7.74. The Morgan fingerprint density at radius 3 is 2.48 bits per heavy atom. The first-order chi connectivity index (χ1) is 10.1. The lowest BCUT2D eigenvalue weighted by Crippen LogP contribution is -2.19. The fourth-order valence-electron chi connectivity index (χ4n) is 1.93. The molecule has 0 unspecified atom stereocenters. The maximum absolute atomic E-state index is 6.17. The Balaban J connectivity index is 2.14. The summed E-state index contributed by atoms with van der Waals surface area (Å²) >= 11 is 12.2. The van der Waals surface area contributed by atoms with Crippen LogP contribution in [-0.4, -0.2) is 6.54 Å². The van der Waals surface area contributed by atoms with E-state index in [1.54, 1.807) is 6.07 Å². The van der Waals surface area contributed by atoms with Gasteiger partial charge in [-0.05, 0) is 30.7 Å². The minimum atomic E-state index is 0.434. The van der Waals surface area contributed by atoms with E-state index in [4.69, 9.17) is 27.9 Å². The summed E-state index contributed by atoms with van der Waals surface area (Å²) in [5.74, 6) is 1.97. The summed E-state index contributed by atoms with van der Waals surface area (Å²) in [6, 6.07) is 13.3. The van der Waals surface area contributed by atoms with E-state index in [1.807, 2.05) is 36.4 Å². The van der Waals surface area contributed by atoms with E-state index in [0.29, 0.717) is 21.7 Å². The number of para-hydroxylation sites is 1. The molecule has 2 nitrogen and oxygen atoms in total. The Morgan fingerprint density at radius 2 is 1.71 bits per heavy atom. The molecule has 0 bridgehead atoms. The number of benzene rings is 2. The van der Waals surface area contributed by atoms with Gasteiger partial charge in [0.15, 0.2) is 0 Å². The molecule has 0 aliphatic rings. The lowest BCUT2D eigenvalue weighted by Gasteiger charge is -2.14. The van der Waals surface area contributed by atoms with E-state index in [-0.39, 0.29) is 0 Å². The van der Waals surface area contributed by atoms with Crippen molar-refractivity contribution in [3.63, 3.8) is 0 Å². The molecule has 0 spiro atoms. The Morgan fingerprint density at radius 1 is 1.00 bits per heavy atom. The monoisotopic (exact) mass is 323 g/mol. The summed E-state index contributed by atoms with van der Waals surface area (Å²) in [6.45, 7) is 6.08. The van der Waals surface area contributed by atoms with Crippen molar-refractivity contribution in [2.24, 2.45) is 5.92 Å². The molecule has 4 heteroatoms. The molecule has 2 aromatic rings. The summed E-state index contributed by atoms with van der Waals surface area (Å²) in [7, 11) is 0. The quantitative estimate of drug-likeness (QED) is 0.754. The van der Waals surface area contributed by atoms with Gasteiger partial charge < -0.3 is 10.1 Å². The summed E-state index contributed by atoms with van der Waals surface area (Å²) in [6.07, 6.45) is 0. The minimum absolute atomic E-state index is 0.434. The fraction of sp³-hybridized carbons (Fsp3) is 0.294. The van der Waals surface area contributed by atoms with Crippen LogP contribution in [0.15, 0.2) is 42.5 Å². The second-order valence-corrected chi connectivity index (χ2v) is 6.07. The van der Waals surface area contributed by atoms with Crippen LogP contribution in [0, 0.1) is 5.92 Å². The molecule has 21 heavy (non-hydrogen) atoms. The number of rotatable bonds is 6. The van der Waals surface area contributed by atoms with Crippen LogP contribution in [0.25, 0.3) is 0 Å². The summed E-state index contributed by atoms with van der Waals surface area (Å²) in [4.78, 5) is 0. The van der Waals surface area contributed by atoms with Crippen molar-refractivity contribution in [3.05, 3.63) is 58.1 Å². The van der Waals surface area contributed by atoms with Crippen molar-refractivity contribution >= 4 is 23.2 Å². The molecule has 0 atom stereocenters. The van der Waals surface area contributed by atoms with Crippen LogP contribution in [0.4, 0.5) is 0 Å². The molecule has 0 heterocycles. The number of hydrogen-bond donors (Lipinski definition) is 1. The summed E-state index contributed by atoms with van der Waals surface area (Å²) in [5, 5.41) is 4.34. The largest absolute Gasteiger partial charge is 0.455 e. The standard InChI is InChI=1S/C17H19Cl2NO/c1-12(2)10-20-11-13-6-3-4-8-15(13)21-16-9-5-7-14(18)17(16)19/h3-9,12,20H,10-11H2,1-2H3. The van der Waals surface area contributed by atoms with Gasteiger partial charge in [0, 0.05) is 12.1 Å². The highest BCUT2D eigenvalue weighted by molar-refractivity contribution is 6.42. The Hall–Kier alpha value is -1.22. The van der Waals surface area contributed by atoms with Crippen LogP contribution in [0.1, 0.15) is 19.4 Å². The third-order valence-electron chi connectivity index (χ3n) is 2.98. The van der Waals surface area contributed by atoms with Gasteiger partial charge in [0.05, 0.1) is 5.02 Å². The van der Waals surface area contributed by atoms with Crippen molar-refractivity contribution < 1.29 is 4.74 Å². The van der Waals surface area contributed by atoms with Gasteiger partial charge >= 0.3 is 0 Å². The lowest BCUT2D eigenvalue weighted by atomic mass is 10.2. The van der Waals surface area contributed by atoms with Crippen molar-refractivity contribution in [1.82, 2.24) is 5.32 Å². The van der Waals surface area contributed by atoms with E-state index < -0.39 is 0 Å². The summed E-state index contributed by atoms with van der Waals surface area (Å²) in [5.41, 5.74) is 1.09. The van der Waals surface area contributed by atoms with Crippen molar-refractivity contribution in [1.29, 1.82) is 0 Å². The first-order valence-electron chi connectivity index (χ1n) is 6.98. The molecule has 2 rings (SSSR count). The van der Waals surface area contributed by atoms with Gasteiger partial charge in [-0.3, -0.25) is 0 Å². The van der Waals surface area contributed by atoms with E-state index in [9.17, 15) is 0 Å². The molecule has 0 saturated heterocycles. The third-order valence-corrected chi connectivity index (χ3v) is 3.78. The molecule has 0 aliphatic heterocycles.